The van der Waals surface area contributed by atoms with Crippen molar-refractivity contribution in [2.45, 2.75) is 20.4 Å². The largest absolute Gasteiger partial charge is 0.336 e. The van der Waals surface area contributed by atoms with Gasteiger partial charge < -0.3 is 19.8 Å². The van der Waals surface area contributed by atoms with E-state index >= 15 is 0 Å². The molecule has 2 aromatic rings. The van der Waals surface area contributed by atoms with Crippen LogP contribution < -0.4 is 16.4 Å². The molecule has 0 aliphatic rings. The normalized spacial score (nSPS) is 10.6. The smallest absolute Gasteiger partial charge is 0.317 e. The number of urea groups is 1. The molecule has 7 heteroatoms. The van der Waals surface area contributed by atoms with Gasteiger partial charge in [0.1, 0.15) is 0 Å². The maximum atomic E-state index is 12.0. The van der Waals surface area contributed by atoms with Gasteiger partial charge >= 0.3 is 17.1 Å². The lowest BCUT2D eigenvalue weighted by Crippen LogP contribution is -2.43. The van der Waals surface area contributed by atoms with Crippen LogP contribution in [-0.4, -0.2) is 40.1 Å². The quantitative estimate of drug-likeness (QED) is 0.799. The third-order valence-corrected chi connectivity index (χ3v) is 3.54. The highest BCUT2D eigenvalue weighted by Gasteiger charge is 2.10. The van der Waals surface area contributed by atoms with Crippen molar-refractivity contribution >= 4 is 17.1 Å². The second-order valence-electron chi connectivity index (χ2n) is 4.83. The van der Waals surface area contributed by atoms with Crippen LogP contribution in [0.1, 0.15) is 13.8 Å². The van der Waals surface area contributed by atoms with Crippen LogP contribution in [0.15, 0.2) is 33.9 Å². The zero-order chi connectivity index (χ0) is 16.1. The number of aromatic amines is 1. The van der Waals surface area contributed by atoms with E-state index in [1.54, 1.807) is 29.2 Å². The van der Waals surface area contributed by atoms with Crippen molar-refractivity contribution in [2.75, 3.05) is 19.6 Å². The van der Waals surface area contributed by atoms with E-state index < -0.39 is 11.1 Å². The fourth-order valence-electron chi connectivity index (χ4n) is 2.34. The molecule has 2 N–H and O–H groups in total. The Labute approximate surface area is 127 Å². The second-order valence-corrected chi connectivity index (χ2v) is 4.83. The van der Waals surface area contributed by atoms with Gasteiger partial charge in [0, 0.05) is 26.2 Å². The predicted molar refractivity (Wildman–Crippen MR) is 85.1 cm³/mol. The van der Waals surface area contributed by atoms with Crippen LogP contribution in [0.3, 0.4) is 0 Å². The Balaban J connectivity index is 2.19. The number of carbonyl (C=O) groups is 1. The van der Waals surface area contributed by atoms with Gasteiger partial charge in [0.2, 0.25) is 0 Å². The number of benzene rings is 1. The first-order valence-electron chi connectivity index (χ1n) is 7.33. The monoisotopic (exact) mass is 304 g/mol. The molecule has 0 atom stereocenters. The molecule has 0 aliphatic heterocycles. The van der Waals surface area contributed by atoms with Gasteiger partial charge in [0.05, 0.1) is 11.0 Å². The van der Waals surface area contributed by atoms with E-state index in [0.29, 0.717) is 24.1 Å². The molecule has 0 saturated heterocycles. The molecule has 0 aliphatic carbocycles. The molecule has 1 aromatic carbocycles. The predicted octanol–water partition coefficient (Wildman–Crippen LogP) is 0.741. The topological polar surface area (TPSA) is 87.2 Å². The molecule has 1 aromatic heterocycles. The van der Waals surface area contributed by atoms with Crippen molar-refractivity contribution < 1.29 is 4.79 Å². The van der Waals surface area contributed by atoms with E-state index in [1.165, 1.54) is 4.57 Å². The van der Waals surface area contributed by atoms with Gasteiger partial charge in [0.25, 0.3) is 0 Å². The molecule has 0 radical (unpaired) electrons. The van der Waals surface area contributed by atoms with Gasteiger partial charge in [-0.25, -0.2) is 4.79 Å². The molecule has 2 rings (SSSR count). The maximum Gasteiger partial charge on any atom is 0.317 e. The summed E-state index contributed by atoms with van der Waals surface area (Å²) in [6.45, 7) is 5.57. The number of hydrogen-bond acceptors (Lipinski definition) is 3. The second kappa shape index (κ2) is 6.93. The van der Waals surface area contributed by atoms with Gasteiger partial charge in [-0.1, -0.05) is 12.1 Å². The fourth-order valence-corrected chi connectivity index (χ4v) is 2.34. The van der Waals surface area contributed by atoms with Crippen molar-refractivity contribution in [2.24, 2.45) is 0 Å². The average Bonchev–Trinajstić information content (AvgIpc) is 2.52. The van der Waals surface area contributed by atoms with Gasteiger partial charge in [-0.2, -0.15) is 0 Å². The van der Waals surface area contributed by atoms with Crippen LogP contribution in [0, 0.1) is 0 Å². The molecule has 118 valence electrons. The Morgan fingerprint density at radius 1 is 1.23 bits per heavy atom. The number of H-pyrrole nitrogens is 1. The summed E-state index contributed by atoms with van der Waals surface area (Å²) in [6, 6.07) is 6.91. The summed E-state index contributed by atoms with van der Waals surface area (Å²) in [7, 11) is 0. The lowest BCUT2D eigenvalue weighted by atomic mass is 10.3. The number of nitrogens with one attached hydrogen (secondary N) is 2. The minimum absolute atomic E-state index is 0.174. The van der Waals surface area contributed by atoms with Crippen LogP contribution in [0.25, 0.3) is 11.0 Å². The number of nitrogens with zero attached hydrogens (tertiary/aromatic N) is 2. The van der Waals surface area contributed by atoms with Crippen LogP contribution in [-0.2, 0) is 6.54 Å². The Hall–Kier alpha value is -2.57. The highest BCUT2D eigenvalue weighted by atomic mass is 16.2. The molecule has 2 amide bonds. The van der Waals surface area contributed by atoms with Gasteiger partial charge in [-0.3, -0.25) is 9.59 Å². The molecule has 1 heterocycles. The summed E-state index contributed by atoms with van der Waals surface area (Å²) in [6.07, 6.45) is 0. The Bertz CT molecular complexity index is 774. The van der Waals surface area contributed by atoms with Crippen LogP contribution in [0.2, 0.25) is 0 Å². The van der Waals surface area contributed by atoms with E-state index in [2.05, 4.69) is 10.3 Å². The first-order valence-corrected chi connectivity index (χ1v) is 7.33. The van der Waals surface area contributed by atoms with E-state index in [1.807, 2.05) is 13.8 Å². The van der Waals surface area contributed by atoms with Crippen molar-refractivity contribution in [3.63, 3.8) is 0 Å². The highest BCUT2D eigenvalue weighted by Crippen LogP contribution is 2.06. The van der Waals surface area contributed by atoms with Gasteiger partial charge in [0.15, 0.2) is 0 Å². The van der Waals surface area contributed by atoms with Crippen LogP contribution >= 0.6 is 0 Å². The summed E-state index contributed by atoms with van der Waals surface area (Å²) >= 11 is 0. The summed E-state index contributed by atoms with van der Waals surface area (Å²) in [5.41, 5.74) is -0.0316. The molecule has 0 spiro atoms. The number of carbonyl (C=O) groups excluding carboxylic acids is 1. The molecule has 22 heavy (non-hydrogen) atoms. The summed E-state index contributed by atoms with van der Waals surface area (Å²) < 4.78 is 1.39. The Morgan fingerprint density at radius 3 is 2.59 bits per heavy atom. The van der Waals surface area contributed by atoms with Gasteiger partial charge in [-0.15, -0.1) is 0 Å². The SMILES string of the molecule is CCN(CC)C(=O)NCCn1c(=O)c(=O)[nH]c2ccccc21. The molecular formula is C15H20N4O3. The molecule has 7 nitrogen and oxygen atoms in total. The van der Waals surface area contributed by atoms with E-state index in [-0.39, 0.29) is 19.1 Å². The van der Waals surface area contributed by atoms with Crippen molar-refractivity contribution in [3.8, 4) is 0 Å². The number of rotatable bonds is 5. The third kappa shape index (κ3) is 3.19. The summed E-state index contributed by atoms with van der Waals surface area (Å²) in [4.78, 5) is 39.7. The molecule has 0 fully saturated rings. The maximum absolute atomic E-state index is 12.0. The number of amides is 2. The fraction of sp³-hybridized carbons (Fsp3) is 0.400. The molecular weight excluding hydrogens is 284 g/mol. The van der Waals surface area contributed by atoms with E-state index in [9.17, 15) is 14.4 Å². The zero-order valence-corrected chi connectivity index (χ0v) is 12.8. The number of para-hydroxylation sites is 2. The number of fused-ring (bicyclic) bond motifs is 1. The Kier molecular flexibility index (Phi) is 4.98. The zero-order valence-electron chi connectivity index (χ0n) is 12.8. The van der Waals surface area contributed by atoms with Crippen molar-refractivity contribution in [3.05, 3.63) is 45.0 Å². The molecule has 0 unspecified atom stereocenters. The van der Waals surface area contributed by atoms with E-state index in [0.717, 1.165) is 0 Å². The van der Waals surface area contributed by atoms with Crippen molar-refractivity contribution in [1.82, 2.24) is 19.8 Å². The minimum atomic E-state index is -0.659. The minimum Gasteiger partial charge on any atom is -0.336 e. The molecule has 0 saturated carbocycles. The third-order valence-electron chi connectivity index (χ3n) is 3.54. The Morgan fingerprint density at radius 2 is 1.91 bits per heavy atom. The summed E-state index contributed by atoms with van der Waals surface area (Å²) in [5.74, 6) is 0. The summed E-state index contributed by atoms with van der Waals surface area (Å²) in [5, 5.41) is 2.76. The first-order chi connectivity index (χ1) is 10.6. The van der Waals surface area contributed by atoms with Gasteiger partial charge in [-0.05, 0) is 26.0 Å². The lowest BCUT2D eigenvalue weighted by molar-refractivity contribution is 0.203. The average molecular weight is 304 g/mol. The van der Waals surface area contributed by atoms with Crippen LogP contribution in [0.4, 0.5) is 4.79 Å². The first kappa shape index (κ1) is 15.8. The number of hydrogen-bond donors (Lipinski definition) is 2. The molecule has 0 bridgehead atoms. The highest BCUT2D eigenvalue weighted by molar-refractivity contribution is 5.75. The van der Waals surface area contributed by atoms with Crippen molar-refractivity contribution in [1.29, 1.82) is 0 Å². The number of aromatic nitrogens is 2. The van der Waals surface area contributed by atoms with E-state index in [4.69, 9.17) is 0 Å². The standard InChI is InChI=1S/C15H20N4O3/c1-3-18(4-2)15(22)16-9-10-19-12-8-6-5-7-11(12)17-13(20)14(19)21/h5-8H,3-4,9-10H2,1-2H3,(H,16,22)(H,17,20). The van der Waals surface area contributed by atoms with Crippen LogP contribution in [0.5, 0.6) is 0 Å². The lowest BCUT2D eigenvalue weighted by Gasteiger charge is -2.19.